The van der Waals surface area contributed by atoms with E-state index < -0.39 is 11.8 Å². The molecule has 2 aromatic carbocycles. The van der Waals surface area contributed by atoms with E-state index in [1.807, 2.05) is 12.1 Å². The van der Waals surface area contributed by atoms with E-state index in [1.165, 1.54) is 6.07 Å². The highest BCUT2D eigenvalue weighted by Gasteiger charge is 2.18. The van der Waals surface area contributed by atoms with Crippen molar-refractivity contribution in [3.8, 4) is 0 Å². The minimum atomic E-state index is -1.28. The molecule has 0 spiro atoms. The summed E-state index contributed by atoms with van der Waals surface area (Å²) in [6.45, 7) is 0.459. The molecule has 104 valence electrons. The summed E-state index contributed by atoms with van der Waals surface area (Å²) in [4.78, 5) is 12.9. The molecule has 0 bridgehead atoms. The van der Waals surface area contributed by atoms with Crippen molar-refractivity contribution in [3.63, 3.8) is 0 Å². The van der Waals surface area contributed by atoms with Gasteiger partial charge in [-0.2, -0.15) is 0 Å². The van der Waals surface area contributed by atoms with Crippen molar-refractivity contribution in [3.05, 3.63) is 64.4 Å². The Morgan fingerprint density at radius 3 is 2.50 bits per heavy atom. The maximum absolute atomic E-state index is 13.6. The number of anilines is 1. The van der Waals surface area contributed by atoms with Gasteiger partial charge in [-0.05, 0) is 29.8 Å². The first-order valence-corrected chi connectivity index (χ1v) is 6.34. The van der Waals surface area contributed by atoms with Crippen molar-refractivity contribution in [1.82, 2.24) is 0 Å². The van der Waals surface area contributed by atoms with Crippen molar-refractivity contribution >= 4 is 23.3 Å². The van der Waals surface area contributed by atoms with E-state index in [2.05, 4.69) is 0 Å². The highest BCUT2D eigenvalue weighted by Crippen LogP contribution is 2.24. The number of hydrogen-bond donors (Lipinski definition) is 1. The number of aromatic carboxylic acids is 1. The summed E-state index contributed by atoms with van der Waals surface area (Å²) in [7, 11) is 1.72. The molecule has 20 heavy (non-hydrogen) atoms. The van der Waals surface area contributed by atoms with Crippen molar-refractivity contribution in [1.29, 1.82) is 0 Å². The van der Waals surface area contributed by atoms with E-state index in [0.29, 0.717) is 17.3 Å². The average Bonchev–Trinajstić information content (AvgIpc) is 2.40. The van der Waals surface area contributed by atoms with Gasteiger partial charge in [-0.25, -0.2) is 9.18 Å². The Morgan fingerprint density at radius 1 is 1.25 bits per heavy atom. The van der Waals surface area contributed by atoms with Gasteiger partial charge in [0.05, 0.1) is 5.69 Å². The summed E-state index contributed by atoms with van der Waals surface area (Å²) in [5, 5.41) is 9.75. The van der Waals surface area contributed by atoms with E-state index >= 15 is 0 Å². The normalized spacial score (nSPS) is 10.3. The molecule has 0 aliphatic heterocycles. The largest absolute Gasteiger partial charge is 0.478 e. The number of nitrogens with zero attached hydrogens (tertiary/aromatic N) is 1. The lowest BCUT2D eigenvalue weighted by molar-refractivity contribution is 0.0692. The zero-order chi connectivity index (χ0) is 14.7. The Morgan fingerprint density at radius 2 is 1.90 bits per heavy atom. The number of halogens is 2. The van der Waals surface area contributed by atoms with Crippen molar-refractivity contribution in [2.24, 2.45) is 0 Å². The summed E-state index contributed by atoms with van der Waals surface area (Å²) >= 11 is 5.81. The number of carboxylic acids is 1. The third-order valence-corrected chi connectivity index (χ3v) is 3.20. The SMILES string of the molecule is CN(Cc1ccc(Cl)cc1)c1cccc(F)c1C(=O)O. The summed E-state index contributed by atoms with van der Waals surface area (Å²) in [5.74, 6) is -2.01. The van der Waals surface area contributed by atoms with Gasteiger partial charge in [0.2, 0.25) is 0 Å². The summed E-state index contributed by atoms with van der Waals surface area (Å²) in [6, 6.07) is 11.4. The number of hydrogen-bond acceptors (Lipinski definition) is 2. The molecule has 2 aromatic rings. The summed E-state index contributed by atoms with van der Waals surface area (Å²) in [6.07, 6.45) is 0. The van der Waals surface area contributed by atoms with Crippen LogP contribution in [0.4, 0.5) is 10.1 Å². The lowest BCUT2D eigenvalue weighted by Crippen LogP contribution is -2.20. The van der Waals surface area contributed by atoms with Crippen LogP contribution in [-0.2, 0) is 6.54 Å². The van der Waals surface area contributed by atoms with E-state index in [9.17, 15) is 9.18 Å². The quantitative estimate of drug-likeness (QED) is 0.932. The third kappa shape index (κ3) is 3.08. The third-order valence-electron chi connectivity index (χ3n) is 2.95. The second-order valence-corrected chi connectivity index (χ2v) is 4.86. The second-order valence-electron chi connectivity index (χ2n) is 4.42. The molecule has 0 unspecified atom stereocenters. The van der Waals surface area contributed by atoms with E-state index in [4.69, 9.17) is 16.7 Å². The molecule has 0 aromatic heterocycles. The summed E-state index contributed by atoms with van der Waals surface area (Å²) in [5.41, 5.74) is 0.980. The van der Waals surface area contributed by atoms with Gasteiger partial charge in [0, 0.05) is 18.6 Å². The Kier molecular flexibility index (Phi) is 4.25. The maximum Gasteiger partial charge on any atom is 0.340 e. The van der Waals surface area contributed by atoms with Gasteiger partial charge >= 0.3 is 5.97 Å². The lowest BCUT2D eigenvalue weighted by Gasteiger charge is -2.21. The zero-order valence-electron chi connectivity index (χ0n) is 10.8. The van der Waals surface area contributed by atoms with Crippen LogP contribution in [0, 0.1) is 5.82 Å². The number of carboxylic acid groups (broad SMARTS) is 1. The van der Waals surface area contributed by atoms with Crippen LogP contribution in [0.3, 0.4) is 0 Å². The molecular formula is C15H13ClFNO2. The molecule has 0 amide bonds. The van der Waals surface area contributed by atoms with Crippen LogP contribution in [0.2, 0.25) is 5.02 Å². The van der Waals surface area contributed by atoms with Gasteiger partial charge in [-0.15, -0.1) is 0 Å². The van der Waals surface area contributed by atoms with Gasteiger partial charge in [0.15, 0.2) is 0 Å². The average molecular weight is 294 g/mol. The number of carbonyl (C=O) groups is 1. The minimum Gasteiger partial charge on any atom is -0.478 e. The first-order valence-electron chi connectivity index (χ1n) is 5.96. The van der Waals surface area contributed by atoms with Crippen LogP contribution in [0.5, 0.6) is 0 Å². The summed E-state index contributed by atoms with van der Waals surface area (Å²) < 4.78 is 13.6. The monoisotopic (exact) mass is 293 g/mol. The molecule has 3 nitrogen and oxygen atoms in total. The Labute approximate surface area is 121 Å². The molecule has 0 radical (unpaired) electrons. The van der Waals surface area contributed by atoms with Gasteiger partial charge in [-0.1, -0.05) is 29.8 Å². The fraction of sp³-hybridized carbons (Fsp3) is 0.133. The topological polar surface area (TPSA) is 40.5 Å². The molecule has 2 rings (SSSR count). The smallest absolute Gasteiger partial charge is 0.340 e. The molecule has 0 heterocycles. The predicted molar refractivity (Wildman–Crippen MR) is 76.9 cm³/mol. The highest BCUT2D eigenvalue weighted by molar-refractivity contribution is 6.30. The molecule has 0 aliphatic rings. The van der Waals surface area contributed by atoms with Gasteiger partial charge in [-0.3, -0.25) is 0 Å². The van der Waals surface area contributed by atoms with Gasteiger partial charge in [0.1, 0.15) is 11.4 Å². The van der Waals surface area contributed by atoms with Gasteiger partial charge in [0.25, 0.3) is 0 Å². The molecule has 5 heteroatoms. The molecule has 1 N–H and O–H groups in total. The lowest BCUT2D eigenvalue weighted by atomic mass is 10.1. The Hall–Kier alpha value is -2.07. The first kappa shape index (κ1) is 14.3. The van der Waals surface area contributed by atoms with Crippen LogP contribution in [-0.4, -0.2) is 18.1 Å². The van der Waals surface area contributed by atoms with Crippen molar-refractivity contribution < 1.29 is 14.3 Å². The van der Waals surface area contributed by atoms with Crippen LogP contribution in [0.25, 0.3) is 0 Å². The van der Waals surface area contributed by atoms with Crippen molar-refractivity contribution in [2.75, 3.05) is 11.9 Å². The van der Waals surface area contributed by atoms with E-state index in [1.54, 1.807) is 30.1 Å². The number of benzene rings is 2. The molecule has 0 aliphatic carbocycles. The zero-order valence-corrected chi connectivity index (χ0v) is 11.6. The second kappa shape index (κ2) is 5.92. The first-order chi connectivity index (χ1) is 9.49. The highest BCUT2D eigenvalue weighted by atomic mass is 35.5. The fourth-order valence-electron chi connectivity index (χ4n) is 1.99. The van der Waals surface area contributed by atoms with E-state index in [0.717, 1.165) is 11.6 Å². The standard InChI is InChI=1S/C15H13ClFNO2/c1-18(9-10-5-7-11(16)8-6-10)13-4-2-3-12(17)14(13)15(19)20/h2-8H,9H2,1H3,(H,19,20). The van der Waals surface area contributed by atoms with Gasteiger partial charge < -0.3 is 10.0 Å². The molecular weight excluding hydrogens is 281 g/mol. The fourth-order valence-corrected chi connectivity index (χ4v) is 2.12. The van der Waals surface area contributed by atoms with Crippen LogP contribution >= 0.6 is 11.6 Å². The molecule has 0 saturated carbocycles. The van der Waals surface area contributed by atoms with Crippen LogP contribution < -0.4 is 4.90 Å². The van der Waals surface area contributed by atoms with Crippen molar-refractivity contribution in [2.45, 2.75) is 6.54 Å². The Balaban J connectivity index is 2.29. The maximum atomic E-state index is 13.6. The van der Waals surface area contributed by atoms with Crippen LogP contribution in [0.1, 0.15) is 15.9 Å². The number of rotatable bonds is 4. The molecule has 0 fully saturated rings. The Bertz CT molecular complexity index is 628. The molecule has 0 atom stereocenters. The van der Waals surface area contributed by atoms with Crippen LogP contribution in [0.15, 0.2) is 42.5 Å². The molecule has 0 saturated heterocycles. The minimum absolute atomic E-state index is 0.316. The van der Waals surface area contributed by atoms with E-state index in [-0.39, 0.29) is 5.56 Å². The predicted octanol–water partition coefficient (Wildman–Crippen LogP) is 3.81.